The number of hydrogen-bond acceptors (Lipinski definition) is 3. The van der Waals surface area contributed by atoms with Crippen LogP contribution in [0.3, 0.4) is 0 Å². The summed E-state index contributed by atoms with van der Waals surface area (Å²) in [4.78, 5) is 0.948. The van der Waals surface area contributed by atoms with E-state index in [4.69, 9.17) is 0 Å². The Bertz CT molecular complexity index is 598. The van der Waals surface area contributed by atoms with Gasteiger partial charge in [0.05, 0.1) is 0 Å². The zero-order valence-electron chi connectivity index (χ0n) is 12.3. The van der Waals surface area contributed by atoms with Gasteiger partial charge in [-0.25, -0.2) is 4.39 Å². The molecule has 0 saturated carbocycles. The second kappa shape index (κ2) is 7.82. The summed E-state index contributed by atoms with van der Waals surface area (Å²) in [5.41, 5.74) is 1.72. The van der Waals surface area contributed by atoms with Gasteiger partial charge in [-0.2, -0.15) is 0 Å². The van der Waals surface area contributed by atoms with Gasteiger partial charge in [-0.05, 0) is 42.5 Å². The van der Waals surface area contributed by atoms with Crippen LogP contribution in [0, 0.1) is 5.82 Å². The first-order chi connectivity index (χ1) is 10.1. The third kappa shape index (κ3) is 5.02. The highest BCUT2D eigenvalue weighted by atomic mass is 32.2. The van der Waals surface area contributed by atoms with E-state index in [0.29, 0.717) is 23.9 Å². The second-order valence-electron chi connectivity index (χ2n) is 5.14. The van der Waals surface area contributed by atoms with E-state index in [0.717, 1.165) is 16.9 Å². The molecule has 1 aromatic carbocycles. The first-order valence-electron chi connectivity index (χ1n) is 6.92. The molecule has 2 nitrogen and oxygen atoms in total. The predicted molar refractivity (Wildman–Crippen MR) is 89.6 cm³/mol. The molecule has 0 saturated heterocycles. The standard InChI is InChI=1S/C16H20FNOS2/c1-12(7-9-21(2)19)18-11-13-5-6-15(17)14(10-13)16-4-3-8-20-16/h3-6,8,10,12,18H,7,9,11H2,1-2H3. The molecule has 0 spiro atoms. The van der Waals surface area contributed by atoms with Crippen molar-refractivity contribution in [1.82, 2.24) is 5.32 Å². The minimum atomic E-state index is -0.750. The summed E-state index contributed by atoms with van der Waals surface area (Å²) in [7, 11) is -0.750. The van der Waals surface area contributed by atoms with Crippen molar-refractivity contribution in [3.63, 3.8) is 0 Å². The van der Waals surface area contributed by atoms with Crippen LogP contribution in [0.1, 0.15) is 18.9 Å². The minimum Gasteiger partial charge on any atom is -0.310 e. The molecule has 0 bridgehead atoms. The van der Waals surface area contributed by atoms with Crippen molar-refractivity contribution in [1.29, 1.82) is 0 Å². The average Bonchev–Trinajstić information content (AvgIpc) is 2.98. The number of rotatable bonds is 7. The van der Waals surface area contributed by atoms with Crippen LogP contribution in [-0.4, -0.2) is 22.3 Å². The van der Waals surface area contributed by atoms with Crippen molar-refractivity contribution < 1.29 is 8.60 Å². The fourth-order valence-electron chi connectivity index (χ4n) is 2.04. The molecule has 2 rings (SSSR count). The van der Waals surface area contributed by atoms with Crippen LogP contribution < -0.4 is 5.32 Å². The third-order valence-corrected chi connectivity index (χ3v) is 5.02. The zero-order valence-corrected chi connectivity index (χ0v) is 13.9. The molecule has 1 N–H and O–H groups in total. The van der Waals surface area contributed by atoms with Gasteiger partial charge in [-0.1, -0.05) is 12.1 Å². The maximum atomic E-state index is 13.9. The Kier molecular flexibility index (Phi) is 6.08. The highest BCUT2D eigenvalue weighted by Gasteiger charge is 2.08. The second-order valence-corrected chi connectivity index (χ2v) is 7.64. The topological polar surface area (TPSA) is 29.1 Å². The van der Waals surface area contributed by atoms with Gasteiger partial charge in [0, 0.05) is 45.8 Å². The van der Waals surface area contributed by atoms with Gasteiger partial charge in [0.25, 0.3) is 0 Å². The van der Waals surface area contributed by atoms with E-state index in [2.05, 4.69) is 12.2 Å². The number of nitrogens with one attached hydrogen (secondary N) is 1. The van der Waals surface area contributed by atoms with E-state index in [1.165, 1.54) is 6.07 Å². The molecular formula is C16H20FNOS2. The van der Waals surface area contributed by atoms with Crippen LogP contribution in [0.15, 0.2) is 35.7 Å². The van der Waals surface area contributed by atoms with Gasteiger partial charge in [0.1, 0.15) is 5.82 Å². The highest BCUT2D eigenvalue weighted by Crippen LogP contribution is 2.28. The molecule has 1 heterocycles. The van der Waals surface area contributed by atoms with E-state index in [9.17, 15) is 8.60 Å². The average molecular weight is 325 g/mol. The van der Waals surface area contributed by atoms with Crippen LogP contribution in [0.2, 0.25) is 0 Å². The lowest BCUT2D eigenvalue weighted by Gasteiger charge is -2.13. The van der Waals surface area contributed by atoms with Gasteiger partial charge >= 0.3 is 0 Å². The Morgan fingerprint density at radius 1 is 1.38 bits per heavy atom. The summed E-state index contributed by atoms with van der Waals surface area (Å²) in [5, 5.41) is 5.34. The van der Waals surface area contributed by atoms with Crippen molar-refractivity contribution in [3.05, 3.63) is 47.1 Å². The van der Waals surface area contributed by atoms with Gasteiger partial charge in [-0.3, -0.25) is 4.21 Å². The molecule has 0 aliphatic heterocycles. The summed E-state index contributed by atoms with van der Waals surface area (Å²) < 4.78 is 25.0. The molecule has 0 aliphatic carbocycles. The largest absolute Gasteiger partial charge is 0.310 e. The van der Waals surface area contributed by atoms with E-state index in [-0.39, 0.29) is 5.82 Å². The van der Waals surface area contributed by atoms with E-state index < -0.39 is 10.8 Å². The monoisotopic (exact) mass is 325 g/mol. The van der Waals surface area contributed by atoms with Crippen molar-refractivity contribution in [2.45, 2.75) is 25.9 Å². The predicted octanol–water partition coefficient (Wildman–Crippen LogP) is 3.80. The SMILES string of the molecule is CC(CCS(C)=O)NCc1ccc(F)c(-c2cccs2)c1. The maximum Gasteiger partial charge on any atom is 0.131 e. The summed E-state index contributed by atoms with van der Waals surface area (Å²) in [6.07, 6.45) is 2.60. The minimum absolute atomic E-state index is 0.185. The number of thiophene rings is 1. The molecule has 0 amide bonds. The third-order valence-electron chi connectivity index (χ3n) is 3.31. The van der Waals surface area contributed by atoms with Crippen LogP contribution in [-0.2, 0) is 17.3 Å². The number of halogens is 1. The molecule has 2 atom stereocenters. The molecule has 0 aliphatic rings. The summed E-state index contributed by atoms with van der Waals surface area (Å²) >= 11 is 1.54. The summed E-state index contributed by atoms with van der Waals surface area (Å²) in [6.45, 7) is 2.77. The van der Waals surface area contributed by atoms with Gasteiger partial charge in [0.15, 0.2) is 0 Å². The van der Waals surface area contributed by atoms with Gasteiger partial charge in [-0.15, -0.1) is 11.3 Å². The van der Waals surface area contributed by atoms with Crippen molar-refractivity contribution in [2.75, 3.05) is 12.0 Å². The molecule has 0 radical (unpaired) electrons. The zero-order chi connectivity index (χ0) is 15.2. The van der Waals surface area contributed by atoms with Crippen LogP contribution in [0.5, 0.6) is 0 Å². The van der Waals surface area contributed by atoms with Crippen LogP contribution in [0.4, 0.5) is 4.39 Å². The van der Waals surface area contributed by atoms with Crippen molar-refractivity contribution in [3.8, 4) is 10.4 Å². The Hall–Kier alpha value is -1.04. The van der Waals surface area contributed by atoms with E-state index >= 15 is 0 Å². The Morgan fingerprint density at radius 2 is 2.19 bits per heavy atom. The lowest BCUT2D eigenvalue weighted by Crippen LogP contribution is -2.27. The lowest BCUT2D eigenvalue weighted by molar-refractivity contribution is 0.534. The molecule has 0 fully saturated rings. The Labute approximate surface area is 131 Å². The van der Waals surface area contributed by atoms with Crippen LogP contribution >= 0.6 is 11.3 Å². The molecule has 5 heteroatoms. The lowest BCUT2D eigenvalue weighted by atomic mass is 10.1. The van der Waals surface area contributed by atoms with E-state index in [1.807, 2.05) is 29.6 Å². The summed E-state index contributed by atoms with van der Waals surface area (Å²) in [5.74, 6) is 0.522. The van der Waals surface area contributed by atoms with Gasteiger partial charge in [0.2, 0.25) is 0 Å². The molecule has 2 unspecified atom stereocenters. The van der Waals surface area contributed by atoms with Crippen molar-refractivity contribution in [2.24, 2.45) is 0 Å². The summed E-state index contributed by atoms with van der Waals surface area (Å²) in [6, 6.07) is 9.39. The van der Waals surface area contributed by atoms with E-state index in [1.54, 1.807) is 17.6 Å². The molecule has 114 valence electrons. The first-order valence-corrected chi connectivity index (χ1v) is 9.52. The molecule has 21 heavy (non-hydrogen) atoms. The molecule has 2 aromatic rings. The fourth-order valence-corrected chi connectivity index (χ4v) is 3.47. The smallest absolute Gasteiger partial charge is 0.131 e. The Balaban J connectivity index is 1.98. The van der Waals surface area contributed by atoms with Crippen LogP contribution in [0.25, 0.3) is 10.4 Å². The highest BCUT2D eigenvalue weighted by molar-refractivity contribution is 7.84. The normalized spacial score (nSPS) is 14.0. The maximum absolute atomic E-state index is 13.9. The number of benzene rings is 1. The fraction of sp³-hybridized carbons (Fsp3) is 0.375. The van der Waals surface area contributed by atoms with Gasteiger partial charge < -0.3 is 5.32 Å². The number of hydrogen-bond donors (Lipinski definition) is 1. The Morgan fingerprint density at radius 3 is 2.86 bits per heavy atom. The molecular weight excluding hydrogens is 305 g/mol. The molecule has 1 aromatic heterocycles. The van der Waals surface area contributed by atoms with Crippen molar-refractivity contribution >= 4 is 22.1 Å². The quantitative estimate of drug-likeness (QED) is 0.839. The first kappa shape index (κ1) is 16.3.